The average Bonchev–Trinajstić information content (AvgIpc) is 2.39. The Kier molecular flexibility index (Phi) is 5.69. The number of anilines is 2. The Morgan fingerprint density at radius 1 is 1.41 bits per heavy atom. The quantitative estimate of drug-likeness (QED) is 0.562. The molecule has 0 saturated heterocycles. The highest BCUT2D eigenvalue weighted by molar-refractivity contribution is 5.48. The molecule has 96 valence electrons. The highest BCUT2D eigenvalue weighted by Crippen LogP contribution is 2.18. The maximum atomic E-state index is 5.37. The minimum absolute atomic E-state index is 0.474. The smallest absolute Gasteiger partial charge is 0.145 e. The average molecular weight is 237 g/mol. The molecule has 17 heavy (non-hydrogen) atoms. The van der Waals surface area contributed by atoms with Crippen LogP contribution in [0.1, 0.15) is 40.0 Å². The first-order valence-electron chi connectivity index (χ1n) is 6.28. The summed E-state index contributed by atoms with van der Waals surface area (Å²) in [6.07, 6.45) is 4.99. The van der Waals surface area contributed by atoms with Crippen LogP contribution in [0.25, 0.3) is 0 Å². The van der Waals surface area contributed by atoms with Gasteiger partial charge >= 0.3 is 0 Å². The minimum atomic E-state index is 0.474. The van der Waals surface area contributed by atoms with Crippen molar-refractivity contribution in [1.82, 2.24) is 9.97 Å². The number of nitrogen functional groups attached to an aromatic ring is 1. The molecule has 1 atom stereocenters. The third-order valence-electron chi connectivity index (χ3n) is 2.97. The second-order valence-electron chi connectivity index (χ2n) is 4.21. The molecule has 3 N–H and O–H groups in total. The molecule has 1 aromatic rings. The van der Waals surface area contributed by atoms with Crippen LogP contribution in [0.2, 0.25) is 0 Å². The molecule has 0 saturated carbocycles. The van der Waals surface area contributed by atoms with Crippen molar-refractivity contribution in [3.63, 3.8) is 0 Å². The van der Waals surface area contributed by atoms with Gasteiger partial charge in [-0.3, -0.25) is 0 Å². The van der Waals surface area contributed by atoms with E-state index in [1.165, 1.54) is 12.8 Å². The molecule has 0 radical (unpaired) electrons. The van der Waals surface area contributed by atoms with Crippen molar-refractivity contribution < 1.29 is 0 Å². The third kappa shape index (κ3) is 3.85. The van der Waals surface area contributed by atoms with Gasteiger partial charge in [-0.15, -0.1) is 0 Å². The molecular weight excluding hydrogens is 214 g/mol. The van der Waals surface area contributed by atoms with Crippen molar-refractivity contribution in [3.8, 4) is 0 Å². The number of rotatable bonds is 7. The first kappa shape index (κ1) is 13.7. The molecular formula is C12H23N5. The molecule has 5 heteroatoms. The predicted molar refractivity (Wildman–Crippen MR) is 71.8 cm³/mol. The van der Waals surface area contributed by atoms with E-state index in [-0.39, 0.29) is 0 Å². The summed E-state index contributed by atoms with van der Waals surface area (Å²) in [7, 11) is 0. The van der Waals surface area contributed by atoms with E-state index in [2.05, 4.69) is 41.1 Å². The van der Waals surface area contributed by atoms with Gasteiger partial charge in [0.15, 0.2) is 0 Å². The number of aromatic nitrogens is 2. The summed E-state index contributed by atoms with van der Waals surface area (Å²) in [6.45, 7) is 7.62. The number of hydrogen-bond acceptors (Lipinski definition) is 5. The molecule has 1 aromatic heterocycles. The maximum absolute atomic E-state index is 5.37. The Morgan fingerprint density at radius 2 is 2.18 bits per heavy atom. The lowest BCUT2D eigenvalue weighted by Gasteiger charge is -2.29. The number of unbranched alkanes of at least 4 members (excludes halogenated alkanes) is 1. The van der Waals surface area contributed by atoms with Crippen LogP contribution in [-0.4, -0.2) is 22.6 Å². The third-order valence-corrected chi connectivity index (χ3v) is 2.97. The predicted octanol–water partition coefficient (Wildman–Crippen LogP) is 2.17. The summed E-state index contributed by atoms with van der Waals surface area (Å²) in [6, 6.07) is 2.36. The van der Waals surface area contributed by atoms with Crippen LogP contribution >= 0.6 is 0 Å². The van der Waals surface area contributed by atoms with E-state index in [4.69, 9.17) is 5.84 Å². The van der Waals surface area contributed by atoms with E-state index in [1.54, 1.807) is 6.33 Å². The molecule has 1 rings (SSSR count). The van der Waals surface area contributed by atoms with E-state index in [9.17, 15) is 0 Å². The summed E-state index contributed by atoms with van der Waals surface area (Å²) < 4.78 is 0. The Bertz CT molecular complexity index is 328. The highest BCUT2D eigenvalue weighted by atomic mass is 15.3. The molecule has 0 bridgehead atoms. The van der Waals surface area contributed by atoms with Crippen molar-refractivity contribution >= 4 is 11.6 Å². The van der Waals surface area contributed by atoms with E-state index in [0.29, 0.717) is 11.9 Å². The normalized spacial score (nSPS) is 12.2. The number of hydrazine groups is 1. The van der Waals surface area contributed by atoms with Crippen molar-refractivity contribution in [2.75, 3.05) is 16.9 Å². The zero-order valence-electron chi connectivity index (χ0n) is 11.0. The largest absolute Gasteiger partial charge is 0.354 e. The van der Waals surface area contributed by atoms with Crippen LogP contribution in [-0.2, 0) is 0 Å². The standard InChI is InChI=1S/C12H23N5/c1-4-6-7-17(10(3)5-2)12-8-11(16-13)14-9-15-12/h8-10H,4-7,13H2,1-3H3,(H,14,15,16). The molecule has 0 fully saturated rings. The van der Waals surface area contributed by atoms with E-state index < -0.39 is 0 Å². The molecule has 0 amide bonds. The van der Waals surface area contributed by atoms with Crippen molar-refractivity contribution in [2.45, 2.75) is 46.1 Å². The molecule has 0 aliphatic carbocycles. The van der Waals surface area contributed by atoms with Gasteiger partial charge < -0.3 is 10.3 Å². The molecule has 5 nitrogen and oxygen atoms in total. The molecule has 0 aliphatic rings. The number of nitrogens with one attached hydrogen (secondary N) is 1. The van der Waals surface area contributed by atoms with Crippen LogP contribution in [0.5, 0.6) is 0 Å². The van der Waals surface area contributed by atoms with Gasteiger partial charge in [-0.2, -0.15) is 0 Å². The topological polar surface area (TPSA) is 67.1 Å². The summed E-state index contributed by atoms with van der Waals surface area (Å²) in [5.74, 6) is 6.96. The summed E-state index contributed by atoms with van der Waals surface area (Å²) in [5.41, 5.74) is 2.56. The van der Waals surface area contributed by atoms with Crippen molar-refractivity contribution in [3.05, 3.63) is 12.4 Å². The van der Waals surface area contributed by atoms with Crippen LogP contribution in [0, 0.1) is 0 Å². The van der Waals surface area contributed by atoms with Gasteiger partial charge in [0.25, 0.3) is 0 Å². The molecule has 1 heterocycles. The van der Waals surface area contributed by atoms with Gasteiger partial charge in [-0.1, -0.05) is 20.3 Å². The lowest BCUT2D eigenvalue weighted by atomic mass is 10.2. The van der Waals surface area contributed by atoms with E-state index >= 15 is 0 Å². The lowest BCUT2D eigenvalue weighted by molar-refractivity contribution is 0.589. The van der Waals surface area contributed by atoms with E-state index in [0.717, 1.165) is 18.8 Å². The van der Waals surface area contributed by atoms with E-state index in [1.807, 2.05) is 6.07 Å². The van der Waals surface area contributed by atoms with Crippen LogP contribution in [0.15, 0.2) is 12.4 Å². The number of hydrogen-bond donors (Lipinski definition) is 2. The molecule has 0 spiro atoms. The molecule has 0 aromatic carbocycles. The fourth-order valence-corrected chi connectivity index (χ4v) is 1.69. The molecule has 0 aliphatic heterocycles. The van der Waals surface area contributed by atoms with Crippen molar-refractivity contribution in [2.24, 2.45) is 5.84 Å². The second kappa shape index (κ2) is 7.06. The van der Waals surface area contributed by atoms with Gasteiger partial charge in [0, 0.05) is 18.7 Å². The van der Waals surface area contributed by atoms with Gasteiger partial charge in [0.05, 0.1) is 0 Å². The number of nitrogens with zero attached hydrogens (tertiary/aromatic N) is 3. The maximum Gasteiger partial charge on any atom is 0.145 e. The van der Waals surface area contributed by atoms with Gasteiger partial charge in [-0.25, -0.2) is 15.8 Å². The fraction of sp³-hybridized carbons (Fsp3) is 0.667. The minimum Gasteiger partial charge on any atom is -0.354 e. The highest BCUT2D eigenvalue weighted by Gasteiger charge is 2.14. The fourth-order valence-electron chi connectivity index (χ4n) is 1.69. The Morgan fingerprint density at radius 3 is 2.76 bits per heavy atom. The zero-order valence-corrected chi connectivity index (χ0v) is 11.0. The van der Waals surface area contributed by atoms with Gasteiger partial charge in [-0.05, 0) is 19.8 Å². The van der Waals surface area contributed by atoms with Crippen LogP contribution in [0.3, 0.4) is 0 Å². The lowest BCUT2D eigenvalue weighted by Crippen LogP contribution is -2.34. The van der Waals surface area contributed by atoms with Crippen molar-refractivity contribution in [1.29, 1.82) is 0 Å². The zero-order chi connectivity index (χ0) is 12.7. The van der Waals surface area contributed by atoms with Crippen LogP contribution < -0.4 is 16.2 Å². The first-order chi connectivity index (χ1) is 8.22. The van der Waals surface area contributed by atoms with Crippen LogP contribution in [0.4, 0.5) is 11.6 Å². The second-order valence-corrected chi connectivity index (χ2v) is 4.21. The Hall–Kier alpha value is -1.36. The molecule has 1 unspecified atom stereocenters. The monoisotopic (exact) mass is 237 g/mol. The summed E-state index contributed by atoms with van der Waals surface area (Å²) in [5, 5.41) is 0. The van der Waals surface area contributed by atoms with Gasteiger partial charge in [0.1, 0.15) is 18.0 Å². The first-order valence-corrected chi connectivity index (χ1v) is 6.28. The SMILES string of the molecule is CCCCN(c1cc(NN)ncn1)C(C)CC. The Balaban J connectivity index is 2.86. The summed E-state index contributed by atoms with van der Waals surface area (Å²) in [4.78, 5) is 10.7. The Labute approximate surface area is 103 Å². The number of nitrogens with two attached hydrogens (primary N) is 1. The van der Waals surface area contributed by atoms with Gasteiger partial charge in [0.2, 0.25) is 0 Å². The summed E-state index contributed by atoms with van der Waals surface area (Å²) >= 11 is 0.